The third-order valence-electron chi connectivity index (χ3n) is 4.21. The lowest BCUT2D eigenvalue weighted by Gasteiger charge is -2.26. The molecule has 1 fully saturated rings. The summed E-state index contributed by atoms with van der Waals surface area (Å²) in [5.41, 5.74) is 1.04. The highest BCUT2D eigenvalue weighted by atomic mass is 35.5. The van der Waals surface area contributed by atoms with Crippen molar-refractivity contribution in [2.75, 3.05) is 45.3 Å². The number of benzene rings is 2. The first-order chi connectivity index (χ1) is 13.6. The molecule has 2 aromatic carbocycles. The van der Waals surface area contributed by atoms with Crippen LogP contribution in [0.3, 0.4) is 0 Å². The van der Waals surface area contributed by atoms with Gasteiger partial charge in [0.2, 0.25) is 0 Å². The monoisotopic (exact) mass is 404 g/mol. The van der Waals surface area contributed by atoms with Crippen LogP contribution in [0.5, 0.6) is 11.5 Å². The van der Waals surface area contributed by atoms with E-state index in [2.05, 4.69) is 5.32 Å². The van der Waals surface area contributed by atoms with Gasteiger partial charge in [0.1, 0.15) is 11.5 Å². The molecule has 0 saturated carbocycles. The number of ether oxygens (including phenoxy) is 3. The van der Waals surface area contributed by atoms with Gasteiger partial charge in [-0.1, -0.05) is 11.6 Å². The van der Waals surface area contributed by atoms with E-state index in [1.807, 2.05) is 0 Å². The van der Waals surface area contributed by atoms with Gasteiger partial charge in [-0.2, -0.15) is 0 Å². The summed E-state index contributed by atoms with van der Waals surface area (Å²) in [4.78, 5) is 26.3. The van der Waals surface area contributed by atoms with Crippen molar-refractivity contribution in [1.29, 1.82) is 0 Å². The summed E-state index contributed by atoms with van der Waals surface area (Å²) in [5.74, 6) is 0.602. The summed E-state index contributed by atoms with van der Waals surface area (Å²) in [6.07, 6.45) is 0. The van der Waals surface area contributed by atoms with Gasteiger partial charge >= 0.3 is 0 Å². The number of anilines is 1. The topological polar surface area (TPSA) is 77.1 Å². The molecule has 148 valence electrons. The van der Waals surface area contributed by atoms with Gasteiger partial charge in [0.05, 0.1) is 26.0 Å². The maximum Gasteiger partial charge on any atom is 0.262 e. The minimum Gasteiger partial charge on any atom is -0.495 e. The van der Waals surface area contributed by atoms with Gasteiger partial charge in [-0.05, 0) is 42.5 Å². The maximum atomic E-state index is 12.4. The average Bonchev–Trinajstić information content (AvgIpc) is 2.73. The molecule has 0 aliphatic carbocycles. The number of nitrogens with one attached hydrogen (secondary N) is 1. The fourth-order valence-corrected chi connectivity index (χ4v) is 2.93. The molecule has 0 atom stereocenters. The van der Waals surface area contributed by atoms with E-state index in [9.17, 15) is 9.59 Å². The standard InChI is InChI=1S/C20H21ClN2O5/c1-26-18-7-4-15(21)12-17(18)22-19(24)13-28-16-5-2-14(3-6-16)20(25)23-8-10-27-11-9-23/h2-7,12H,8-11,13H2,1H3,(H,22,24). The van der Waals surface area contributed by atoms with Gasteiger partial charge in [0.25, 0.3) is 11.8 Å². The molecule has 8 heteroatoms. The number of carbonyl (C=O) groups excluding carboxylic acids is 2. The number of amides is 2. The van der Waals surface area contributed by atoms with Crippen molar-refractivity contribution in [3.05, 3.63) is 53.1 Å². The average molecular weight is 405 g/mol. The molecule has 0 aromatic heterocycles. The number of nitrogens with zero attached hydrogens (tertiary/aromatic N) is 1. The van der Waals surface area contributed by atoms with Crippen LogP contribution in [0.25, 0.3) is 0 Å². The highest BCUT2D eigenvalue weighted by Crippen LogP contribution is 2.27. The van der Waals surface area contributed by atoms with Crippen LogP contribution in [-0.4, -0.2) is 56.7 Å². The smallest absolute Gasteiger partial charge is 0.262 e. The molecule has 1 saturated heterocycles. The molecule has 1 aliphatic heterocycles. The Morgan fingerprint density at radius 1 is 1.14 bits per heavy atom. The molecule has 0 radical (unpaired) electrons. The van der Waals surface area contributed by atoms with Crippen molar-refractivity contribution >= 4 is 29.1 Å². The van der Waals surface area contributed by atoms with Crippen LogP contribution in [0.4, 0.5) is 5.69 Å². The van der Waals surface area contributed by atoms with Crippen molar-refractivity contribution < 1.29 is 23.8 Å². The Labute approximate surface area is 168 Å². The molecule has 1 heterocycles. The second-order valence-corrected chi connectivity index (χ2v) is 6.55. The van der Waals surface area contributed by atoms with Crippen molar-refractivity contribution in [1.82, 2.24) is 4.90 Å². The van der Waals surface area contributed by atoms with Crippen LogP contribution in [-0.2, 0) is 9.53 Å². The molecule has 2 aromatic rings. The first-order valence-electron chi connectivity index (χ1n) is 8.80. The highest BCUT2D eigenvalue weighted by Gasteiger charge is 2.18. The molecule has 1 aliphatic rings. The van der Waals surface area contributed by atoms with Crippen LogP contribution in [0.2, 0.25) is 5.02 Å². The number of carbonyl (C=O) groups is 2. The molecule has 2 amide bonds. The van der Waals surface area contributed by atoms with Crippen molar-refractivity contribution in [3.8, 4) is 11.5 Å². The molecule has 7 nitrogen and oxygen atoms in total. The summed E-state index contributed by atoms with van der Waals surface area (Å²) in [6.45, 7) is 2.10. The van der Waals surface area contributed by atoms with Crippen molar-refractivity contribution in [2.24, 2.45) is 0 Å². The minimum atomic E-state index is -0.353. The van der Waals surface area contributed by atoms with Crippen LogP contribution in [0.1, 0.15) is 10.4 Å². The predicted molar refractivity (Wildman–Crippen MR) is 105 cm³/mol. The van der Waals surface area contributed by atoms with Gasteiger partial charge in [0, 0.05) is 23.7 Å². The molecule has 28 heavy (non-hydrogen) atoms. The van der Waals surface area contributed by atoms with E-state index in [-0.39, 0.29) is 18.4 Å². The Balaban J connectivity index is 1.54. The lowest BCUT2D eigenvalue weighted by atomic mass is 10.2. The number of halogens is 1. The van der Waals surface area contributed by atoms with Gasteiger partial charge in [-0.25, -0.2) is 0 Å². The third kappa shape index (κ3) is 5.15. The van der Waals surface area contributed by atoms with Crippen molar-refractivity contribution in [2.45, 2.75) is 0 Å². The molecule has 0 spiro atoms. The van der Waals surface area contributed by atoms with E-state index in [0.717, 1.165) is 0 Å². The first-order valence-corrected chi connectivity index (χ1v) is 9.18. The Bertz CT molecular complexity index is 835. The fourth-order valence-electron chi connectivity index (χ4n) is 2.76. The molecular formula is C20H21ClN2O5. The Kier molecular flexibility index (Phi) is 6.73. The summed E-state index contributed by atoms with van der Waals surface area (Å²) >= 11 is 5.95. The second-order valence-electron chi connectivity index (χ2n) is 6.11. The normalized spacial score (nSPS) is 13.7. The van der Waals surface area contributed by atoms with E-state index >= 15 is 0 Å². The van der Waals surface area contributed by atoms with E-state index in [1.54, 1.807) is 47.4 Å². The van der Waals surface area contributed by atoms with Crippen molar-refractivity contribution in [3.63, 3.8) is 0 Å². The SMILES string of the molecule is COc1ccc(Cl)cc1NC(=O)COc1ccc(C(=O)N2CCOCC2)cc1. The number of morpholine rings is 1. The lowest BCUT2D eigenvalue weighted by Crippen LogP contribution is -2.40. The first kappa shape index (κ1) is 20.0. The molecular weight excluding hydrogens is 384 g/mol. The molecule has 0 bridgehead atoms. The highest BCUT2D eigenvalue weighted by molar-refractivity contribution is 6.31. The largest absolute Gasteiger partial charge is 0.495 e. The fraction of sp³-hybridized carbons (Fsp3) is 0.300. The molecule has 3 rings (SSSR count). The quantitative estimate of drug-likeness (QED) is 0.801. The lowest BCUT2D eigenvalue weighted by molar-refractivity contribution is -0.118. The number of hydrogen-bond acceptors (Lipinski definition) is 5. The summed E-state index contributed by atoms with van der Waals surface area (Å²) in [6, 6.07) is 11.7. The van der Waals surface area contributed by atoms with Gasteiger partial charge in [-0.15, -0.1) is 0 Å². The van der Waals surface area contributed by atoms with Crippen LogP contribution in [0.15, 0.2) is 42.5 Å². The van der Waals surface area contributed by atoms with E-state index in [1.165, 1.54) is 7.11 Å². The van der Waals surface area contributed by atoms with Crippen LogP contribution < -0.4 is 14.8 Å². The van der Waals surface area contributed by atoms with E-state index in [0.29, 0.717) is 54.1 Å². The van der Waals surface area contributed by atoms with Gasteiger partial charge < -0.3 is 24.4 Å². The second kappa shape index (κ2) is 9.43. The van der Waals surface area contributed by atoms with Crippen LogP contribution in [0, 0.1) is 0 Å². The zero-order chi connectivity index (χ0) is 19.9. The van der Waals surface area contributed by atoms with Gasteiger partial charge in [0.15, 0.2) is 6.61 Å². The predicted octanol–water partition coefficient (Wildman–Crippen LogP) is 2.84. The zero-order valence-corrected chi connectivity index (χ0v) is 16.2. The van der Waals surface area contributed by atoms with E-state index in [4.69, 9.17) is 25.8 Å². The summed E-state index contributed by atoms with van der Waals surface area (Å²) < 4.78 is 15.9. The Morgan fingerprint density at radius 3 is 2.54 bits per heavy atom. The number of rotatable bonds is 6. The number of hydrogen-bond donors (Lipinski definition) is 1. The maximum absolute atomic E-state index is 12.4. The van der Waals surface area contributed by atoms with E-state index < -0.39 is 0 Å². The molecule has 0 unspecified atom stereocenters. The van der Waals surface area contributed by atoms with Gasteiger partial charge in [-0.3, -0.25) is 9.59 Å². The molecule has 1 N–H and O–H groups in total. The minimum absolute atomic E-state index is 0.0411. The zero-order valence-electron chi connectivity index (χ0n) is 15.4. The summed E-state index contributed by atoms with van der Waals surface area (Å²) in [5, 5.41) is 3.18. The number of methoxy groups -OCH3 is 1. The Morgan fingerprint density at radius 2 is 1.86 bits per heavy atom. The summed E-state index contributed by atoms with van der Waals surface area (Å²) in [7, 11) is 1.51. The van der Waals surface area contributed by atoms with Crippen LogP contribution >= 0.6 is 11.6 Å². The Hall–Kier alpha value is -2.77. The third-order valence-corrected chi connectivity index (χ3v) is 4.44.